The second kappa shape index (κ2) is 6.84. The number of allylic oxidation sites excluding steroid dienone is 2. The van der Waals surface area contributed by atoms with Crippen LogP contribution in [0.1, 0.15) is 52.9 Å². The number of hydrogen-bond donors (Lipinski definition) is 1. The molecule has 1 aliphatic carbocycles. The Kier molecular flexibility index (Phi) is 5.70. The molecule has 1 atom stereocenters. The largest absolute Gasteiger partial charge is 0.310 e. The summed E-state index contributed by atoms with van der Waals surface area (Å²) >= 11 is 0. The molecule has 0 aliphatic heterocycles. The smallest absolute Gasteiger partial charge is 0.0289 e. The van der Waals surface area contributed by atoms with Crippen LogP contribution in [-0.4, -0.2) is 12.6 Å². The van der Waals surface area contributed by atoms with E-state index in [1.165, 1.54) is 37.7 Å². The lowest BCUT2D eigenvalue weighted by atomic mass is 9.93. The van der Waals surface area contributed by atoms with Gasteiger partial charge in [0.2, 0.25) is 0 Å². The summed E-state index contributed by atoms with van der Waals surface area (Å²) in [5, 5.41) is 3.54. The Morgan fingerprint density at radius 1 is 1.47 bits per heavy atom. The van der Waals surface area contributed by atoms with Gasteiger partial charge in [-0.1, -0.05) is 30.2 Å². The van der Waals surface area contributed by atoms with Crippen LogP contribution in [-0.2, 0) is 0 Å². The zero-order valence-corrected chi connectivity index (χ0v) is 10.5. The maximum atomic E-state index is 3.54. The van der Waals surface area contributed by atoms with Crippen LogP contribution in [0.2, 0.25) is 0 Å². The van der Waals surface area contributed by atoms with Crippen molar-refractivity contribution >= 4 is 0 Å². The zero-order chi connectivity index (χ0) is 11.1. The van der Waals surface area contributed by atoms with E-state index >= 15 is 0 Å². The lowest BCUT2D eigenvalue weighted by molar-refractivity contribution is 0.576. The highest BCUT2D eigenvalue weighted by Gasteiger charge is 2.09. The SMILES string of the molecule is CCNC(C=C(C)C)CC1=CCCCC1. The van der Waals surface area contributed by atoms with Crippen LogP contribution in [0, 0.1) is 0 Å². The highest BCUT2D eigenvalue weighted by Crippen LogP contribution is 2.21. The third-order valence-electron chi connectivity index (χ3n) is 2.87. The molecule has 0 aromatic heterocycles. The van der Waals surface area contributed by atoms with Crippen molar-refractivity contribution in [2.24, 2.45) is 0 Å². The quantitative estimate of drug-likeness (QED) is 0.676. The van der Waals surface area contributed by atoms with Gasteiger partial charge in [-0.05, 0) is 52.5 Å². The van der Waals surface area contributed by atoms with Crippen molar-refractivity contribution < 1.29 is 0 Å². The van der Waals surface area contributed by atoms with Crippen LogP contribution in [0.3, 0.4) is 0 Å². The van der Waals surface area contributed by atoms with Crippen molar-refractivity contribution in [3.63, 3.8) is 0 Å². The molecule has 0 saturated heterocycles. The van der Waals surface area contributed by atoms with E-state index in [2.05, 4.69) is 38.2 Å². The van der Waals surface area contributed by atoms with Crippen molar-refractivity contribution in [1.29, 1.82) is 0 Å². The van der Waals surface area contributed by atoms with Gasteiger partial charge in [-0.25, -0.2) is 0 Å². The van der Waals surface area contributed by atoms with Crippen LogP contribution >= 0.6 is 0 Å². The van der Waals surface area contributed by atoms with E-state index < -0.39 is 0 Å². The van der Waals surface area contributed by atoms with Gasteiger partial charge in [0.15, 0.2) is 0 Å². The summed E-state index contributed by atoms with van der Waals surface area (Å²) in [6.07, 6.45) is 11.4. The zero-order valence-electron chi connectivity index (χ0n) is 10.5. The van der Waals surface area contributed by atoms with Crippen LogP contribution in [0.25, 0.3) is 0 Å². The van der Waals surface area contributed by atoms with Gasteiger partial charge in [-0.15, -0.1) is 0 Å². The second-order valence-corrected chi connectivity index (χ2v) is 4.72. The fraction of sp³-hybridized carbons (Fsp3) is 0.714. The van der Waals surface area contributed by atoms with E-state index in [9.17, 15) is 0 Å². The highest BCUT2D eigenvalue weighted by atomic mass is 14.9. The van der Waals surface area contributed by atoms with Gasteiger partial charge in [-0.2, -0.15) is 0 Å². The van der Waals surface area contributed by atoms with Gasteiger partial charge < -0.3 is 5.32 Å². The minimum Gasteiger partial charge on any atom is -0.310 e. The molecule has 1 nitrogen and oxygen atoms in total. The molecule has 1 heteroatoms. The minimum absolute atomic E-state index is 0.546. The molecule has 1 rings (SSSR count). The minimum atomic E-state index is 0.546. The maximum absolute atomic E-state index is 3.54. The Hall–Kier alpha value is -0.560. The fourth-order valence-electron chi connectivity index (χ4n) is 2.23. The molecule has 0 amide bonds. The number of hydrogen-bond acceptors (Lipinski definition) is 1. The number of nitrogens with one attached hydrogen (secondary N) is 1. The van der Waals surface area contributed by atoms with Crippen molar-refractivity contribution in [3.05, 3.63) is 23.3 Å². The molecule has 0 bridgehead atoms. The van der Waals surface area contributed by atoms with Gasteiger partial charge in [0, 0.05) is 6.04 Å². The second-order valence-electron chi connectivity index (χ2n) is 4.72. The van der Waals surface area contributed by atoms with E-state index in [0.29, 0.717) is 6.04 Å². The van der Waals surface area contributed by atoms with Crippen molar-refractivity contribution in [3.8, 4) is 0 Å². The Labute approximate surface area is 94.6 Å². The molecule has 1 unspecified atom stereocenters. The Bertz CT molecular complexity index is 234. The van der Waals surface area contributed by atoms with Crippen LogP contribution in [0.5, 0.6) is 0 Å². The van der Waals surface area contributed by atoms with Crippen LogP contribution < -0.4 is 5.32 Å². The van der Waals surface area contributed by atoms with E-state index in [4.69, 9.17) is 0 Å². The number of rotatable bonds is 5. The van der Waals surface area contributed by atoms with Crippen molar-refractivity contribution in [2.75, 3.05) is 6.54 Å². The first-order valence-corrected chi connectivity index (χ1v) is 6.28. The number of likely N-dealkylation sites (N-methyl/N-ethyl adjacent to an activating group) is 1. The molecular weight excluding hydrogens is 182 g/mol. The lowest BCUT2D eigenvalue weighted by Crippen LogP contribution is -2.27. The first-order valence-electron chi connectivity index (χ1n) is 6.28. The van der Waals surface area contributed by atoms with E-state index in [0.717, 1.165) is 6.54 Å². The van der Waals surface area contributed by atoms with Gasteiger partial charge in [-0.3, -0.25) is 0 Å². The molecule has 0 aromatic carbocycles. The third kappa shape index (κ3) is 5.17. The molecule has 0 saturated carbocycles. The molecule has 0 spiro atoms. The molecule has 0 heterocycles. The third-order valence-corrected chi connectivity index (χ3v) is 2.87. The molecule has 1 N–H and O–H groups in total. The molecule has 15 heavy (non-hydrogen) atoms. The summed E-state index contributed by atoms with van der Waals surface area (Å²) < 4.78 is 0. The van der Waals surface area contributed by atoms with E-state index in [1.54, 1.807) is 5.57 Å². The summed E-state index contributed by atoms with van der Waals surface area (Å²) in [6.45, 7) is 7.60. The Balaban J connectivity index is 2.49. The highest BCUT2D eigenvalue weighted by molar-refractivity contribution is 5.12. The van der Waals surface area contributed by atoms with Gasteiger partial charge in [0.1, 0.15) is 0 Å². The predicted octanol–water partition coefficient (Wildman–Crippen LogP) is 3.82. The summed E-state index contributed by atoms with van der Waals surface area (Å²) in [4.78, 5) is 0. The molecular formula is C14H25N. The summed E-state index contributed by atoms with van der Waals surface area (Å²) in [6, 6.07) is 0.546. The van der Waals surface area contributed by atoms with E-state index in [-0.39, 0.29) is 0 Å². The first kappa shape index (κ1) is 12.5. The molecule has 0 fully saturated rings. The fourth-order valence-corrected chi connectivity index (χ4v) is 2.23. The predicted molar refractivity (Wildman–Crippen MR) is 68.1 cm³/mol. The van der Waals surface area contributed by atoms with Crippen molar-refractivity contribution in [2.45, 2.75) is 58.9 Å². The Morgan fingerprint density at radius 3 is 2.80 bits per heavy atom. The van der Waals surface area contributed by atoms with Crippen LogP contribution in [0.4, 0.5) is 0 Å². The van der Waals surface area contributed by atoms with E-state index in [1.807, 2.05) is 0 Å². The molecule has 1 aliphatic rings. The average molecular weight is 207 g/mol. The summed E-state index contributed by atoms with van der Waals surface area (Å²) in [7, 11) is 0. The monoisotopic (exact) mass is 207 g/mol. The molecule has 0 radical (unpaired) electrons. The normalized spacial score (nSPS) is 18.2. The standard InChI is InChI=1S/C14H25N/c1-4-15-14(10-12(2)3)11-13-8-6-5-7-9-13/h8,10,14-15H,4-7,9,11H2,1-3H3. The topological polar surface area (TPSA) is 12.0 Å². The maximum Gasteiger partial charge on any atom is 0.0289 e. The molecule has 86 valence electrons. The van der Waals surface area contributed by atoms with Gasteiger partial charge in [0.25, 0.3) is 0 Å². The van der Waals surface area contributed by atoms with Crippen molar-refractivity contribution in [1.82, 2.24) is 5.32 Å². The molecule has 0 aromatic rings. The average Bonchev–Trinajstić information content (AvgIpc) is 2.18. The summed E-state index contributed by atoms with van der Waals surface area (Å²) in [5.41, 5.74) is 3.07. The van der Waals surface area contributed by atoms with Gasteiger partial charge in [0.05, 0.1) is 0 Å². The Morgan fingerprint density at radius 2 is 2.27 bits per heavy atom. The lowest BCUT2D eigenvalue weighted by Gasteiger charge is -2.19. The first-order chi connectivity index (χ1) is 7.22. The van der Waals surface area contributed by atoms with Crippen LogP contribution in [0.15, 0.2) is 23.3 Å². The summed E-state index contributed by atoms with van der Waals surface area (Å²) in [5.74, 6) is 0. The van der Waals surface area contributed by atoms with Gasteiger partial charge >= 0.3 is 0 Å².